The molecular formula is C8H5F3INO2. The number of hydrogen-bond donors (Lipinski definition) is 0. The number of carbonyl (C=O) groups is 1. The first kappa shape index (κ1) is 12.2. The van der Waals surface area contributed by atoms with Gasteiger partial charge >= 0.3 is 6.36 Å². The van der Waals surface area contributed by atoms with Gasteiger partial charge in [-0.25, -0.2) is 4.98 Å². The fraction of sp³-hybridized carbons (Fsp3) is 0.250. The molecule has 0 fully saturated rings. The molecule has 1 aromatic heterocycles. The molecule has 0 aromatic carbocycles. The third kappa shape index (κ3) is 3.05. The smallest absolute Gasteiger partial charge is 0.388 e. The number of rotatable bonds is 2. The highest BCUT2D eigenvalue weighted by Crippen LogP contribution is 2.27. The standard InChI is InChI=1S/C8H5F3INO2/c1-4-5(3-14)6(12)2-13-7(4)15-8(9,10)11/h2-3H,1H3. The molecule has 0 saturated heterocycles. The van der Waals surface area contributed by atoms with Crippen molar-refractivity contribution in [2.45, 2.75) is 13.3 Å². The van der Waals surface area contributed by atoms with Crippen LogP contribution < -0.4 is 4.74 Å². The summed E-state index contributed by atoms with van der Waals surface area (Å²) in [6, 6.07) is 0. The first-order valence-corrected chi connectivity index (χ1v) is 4.79. The highest BCUT2D eigenvalue weighted by molar-refractivity contribution is 14.1. The normalized spacial score (nSPS) is 11.3. The maximum absolute atomic E-state index is 11.9. The van der Waals surface area contributed by atoms with Gasteiger partial charge < -0.3 is 4.74 Å². The van der Waals surface area contributed by atoms with Crippen LogP contribution >= 0.6 is 22.6 Å². The molecule has 1 heterocycles. The lowest BCUT2D eigenvalue weighted by molar-refractivity contribution is -0.276. The van der Waals surface area contributed by atoms with E-state index in [1.807, 2.05) is 22.6 Å². The van der Waals surface area contributed by atoms with Crippen molar-refractivity contribution in [3.05, 3.63) is 20.9 Å². The number of carbonyl (C=O) groups excluding carboxylic acids is 1. The molecule has 0 aliphatic carbocycles. The Bertz CT molecular complexity index is 392. The topological polar surface area (TPSA) is 39.2 Å². The van der Waals surface area contributed by atoms with Crippen LogP contribution in [-0.2, 0) is 0 Å². The van der Waals surface area contributed by atoms with Crippen molar-refractivity contribution in [1.29, 1.82) is 0 Å². The second-order valence-corrected chi connectivity index (χ2v) is 3.78. The molecule has 0 aliphatic rings. The third-order valence-electron chi connectivity index (χ3n) is 1.61. The van der Waals surface area contributed by atoms with Gasteiger partial charge in [-0.15, -0.1) is 13.2 Å². The fourth-order valence-corrected chi connectivity index (χ4v) is 1.60. The Morgan fingerprint density at radius 3 is 2.60 bits per heavy atom. The summed E-state index contributed by atoms with van der Waals surface area (Å²) in [7, 11) is 0. The minimum atomic E-state index is -4.80. The van der Waals surface area contributed by atoms with Gasteiger partial charge in [0.05, 0.1) is 0 Å². The lowest BCUT2D eigenvalue weighted by Crippen LogP contribution is -2.19. The summed E-state index contributed by atoms with van der Waals surface area (Å²) in [5.41, 5.74) is 0.235. The Kier molecular flexibility index (Phi) is 3.53. The molecule has 0 spiro atoms. The molecule has 0 N–H and O–H groups in total. The van der Waals surface area contributed by atoms with Crippen molar-refractivity contribution >= 4 is 28.9 Å². The van der Waals surface area contributed by atoms with Gasteiger partial charge in [-0.2, -0.15) is 0 Å². The summed E-state index contributed by atoms with van der Waals surface area (Å²) in [6.07, 6.45) is -3.18. The Morgan fingerprint density at radius 2 is 2.13 bits per heavy atom. The van der Waals surface area contributed by atoms with Crippen LogP contribution in [0, 0.1) is 10.5 Å². The van der Waals surface area contributed by atoms with Gasteiger partial charge in [-0.3, -0.25) is 4.79 Å². The van der Waals surface area contributed by atoms with Crippen LogP contribution in [0.15, 0.2) is 6.20 Å². The van der Waals surface area contributed by atoms with Crippen LogP contribution in [0.25, 0.3) is 0 Å². The van der Waals surface area contributed by atoms with E-state index in [4.69, 9.17) is 0 Å². The molecule has 0 saturated carbocycles. The number of pyridine rings is 1. The van der Waals surface area contributed by atoms with E-state index in [-0.39, 0.29) is 11.1 Å². The van der Waals surface area contributed by atoms with Crippen LogP contribution in [0.1, 0.15) is 15.9 Å². The van der Waals surface area contributed by atoms with Crippen LogP contribution in [0.4, 0.5) is 13.2 Å². The number of nitrogens with zero attached hydrogens (tertiary/aromatic N) is 1. The van der Waals surface area contributed by atoms with E-state index in [1.54, 1.807) is 0 Å². The fourth-order valence-electron chi connectivity index (χ4n) is 0.933. The van der Waals surface area contributed by atoms with Crippen molar-refractivity contribution in [3.8, 4) is 5.88 Å². The Balaban J connectivity index is 3.16. The van der Waals surface area contributed by atoms with E-state index in [9.17, 15) is 18.0 Å². The number of alkyl halides is 3. The SMILES string of the molecule is Cc1c(OC(F)(F)F)ncc(I)c1C=O. The van der Waals surface area contributed by atoms with Crippen molar-refractivity contribution in [2.75, 3.05) is 0 Å². The minimum Gasteiger partial charge on any atom is -0.388 e. The van der Waals surface area contributed by atoms with Crippen molar-refractivity contribution < 1.29 is 22.7 Å². The quantitative estimate of drug-likeness (QED) is 0.618. The Morgan fingerprint density at radius 1 is 1.53 bits per heavy atom. The van der Waals surface area contributed by atoms with Gasteiger partial charge in [0.25, 0.3) is 0 Å². The lowest BCUT2D eigenvalue weighted by Gasteiger charge is -2.11. The number of aromatic nitrogens is 1. The summed E-state index contributed by atoms with van der Waals surface area (Å²) < 4.78 is 39.9. The molecule has 3 nitrogen and oxygen atoms in total. The van der Waals surface area contributed by atoms with Gasteiger partial charge in [0, 0.05) is 20.9 Å². The lowest BCUT2D eigenvalue weighted by atomic mass is 10.2. The number of aldehydes is 1. The van der Waals surface area contributed by atoms with Crippen LogP contribution in [0.5, 0.6) is 5.88 Å². The van der Waals surface area contributed by atoms with E-state index >= 15 is 0 Å². The zero-order chi connectivity index (χ0) is 11.6. The van der Waals surface area contributed by atoms with E-state index < -0.39 is 12.2 Å². The Labute approximate surface area is 96.8 Å². The predicted octanol–water partition coefficient (Wildman–Crippen LogP) is 2.71. The summed E-state index contributed by atoms with van der Waals surface area (Å²) >= 11 is 1.81. The third-order valence-corrected chi connectivity index (χ3v) is 2.47. The Hall–Kier alpha value is -0.860. The molecule has 0 amide bonds. The first-order valence-electron chi connectivity index (χ1n) is 3.71. The predicted molar refractivity (Wildman–Crippen MR) is 53.8 cm³/mol. The maximum Gasteiger partial charge on any atom is 0.574 e. The molecule has 0 unspecified atom stereocenters. The average molecular weight is 331 g/mol. The first-order chi connectivity index (χ1) is 6.85. The number of hydrogen-bond acceptors (Lipinski definition) is 3. The van der Waals surface area contributed by atoms with Crippen LogP contribution in [0.3, 0.4) is 0 Å². The zero-order valence-electron chi connectivity index (χ0n) is 7.43. The van der Waals surface area contributed by atoms with E-state index in [2.05, 4.69) is 9.72 Å². The molecule has 0 aliphatic heterocycles. The second-order valence-electron chi connectivity index (χ2n) is 2.62. The molecule has 1 aromatic rings. The largest absolute Gasteiger partial charge is 0.574 e. The molecule has 7 heteroatoms. The van der Waals surface area contributed by atoms with E-state index in [1.165, 1.54) is 6.92 Å². The van der Waals surface area contributed by atoms with Gasteiger partial charge in [-0.05, 0) is 29.5 Å². The van der Waals surface area contributed by atoms with Crippen LogP contribution in [-0.4, -0.2) is 17.6 Å². The molecule has 15 heavy (non-hydrogen) atoms. The van der Waals surface area contributed by atoms with Crippen molar-refractivity contribution in [1.82, 2.24) is 4.98 Å². The average Bonchev–Trinajstić information content (AvgIpc) is 2.09. The van der Waals surface area contributed by atoms with Crippen molar-refractivity contribution in [3.63, 3.8) is 0 Å². The molecule has 1 rings (SSSR count). The molecular weight excluding hydrogens is 326 g/mol. The highest BCUT2D eigenvalue weighted by Gasteiger charge is 2.33. The second kappa shape index (κ2) is 4.33. The van der Waals surface area contributed by atoms with Crippen molar-refractivity contribution in [2.24, 2.45) is 0 Å². The maximum atomic E-state index is 11.9. The monoisotopic (exact) mass is 331 g/mol. The number of ether oxygens (including phenoxy) is 1. The molecule has 82 valence electrons. The summed E-state index contributed by atoms with van der Waals surface area (Å²) in [6.45, 7) is 1.35. The van der Waals surface area contributed by atoms with Gasteiger partial charge in [-0.1, -0.05) is 0 Å². The molecule has 0 bridgehead atoms. The summed E-state index contributed by atoms with van der Waals surface area (Å²) in [5.74, 6) is -0.593. The summed E-state index contributed by atoms with van der Waals surface area (Å²) in [4.78, 5) is 14.1. The zero-order valence-corrected chi connectivity index (χ0v) is 9.59. The van der Waals surface area contributed by atoms with Gasteiger partial charge in [0.15, 0.2) is 6.29 Å². The number of halogens is 4. The van der Waals surface area contributed by atoms with E-state index in [0.717, 1.165) is 6.20 Å². The molecule has 0 atom stereocenters. The van der Waals surface area contributed by atoms with E-state index in [0.29, 0.717) is 9.86 Å². The van der Waals surface area contributed by atoms with Gasteiger partial charge in [0.2, 0.25) is 5.88 Å². The minimum absolute atomic E-state index is 0.0780. The summed E-state index contributed by atoms with van der Waals surface area (Å²) in [5, 5.41) is 0. The van der Waals surface area contributed by atoms with Gasteiger partial charge in [0.1, 0.15) is 0 Å². The molecule has 0 radical (unpaired) electrons. The highest BCUT2D eigenvalue weighted by atomic mass is 127. The van der Waals surface area contributed by atoms with Crippen LogP contribution in [0.2, 0.25) is 0 Å².